The van der Waals surface area contributed by atoms with Crippen molar-refractivity contribution in [3.63, 3.8) is 0 Å². The fraction of sp³-hybridized carbons (Fsp3) is 0.333. The van der Waals surface area contributed by atoms with Crippen LogP contribution in [-0.2, 0) is 17.6 Å². The maximum Gasteiger partial charge on any atom is 0.303 e. The van der Waals surface area contributed by atoms with Gasteiger partial charge in [0.2, 0.25) is 0 Å². The van der Waals surface area contributed by atoms with Gasteiger partial charge in [-0.1, -0.05) is 30.3 Å². The minimum Gasteiger partial charge on any atom is -0.481 e. The second-order valence-corrected chi connectivity index (χ2v) is 5.63. The van der Waals surface area contributed by atoms with E-state index in [-0.39, 0.29) is 12.5 Å². The molecule has 5 heteroatoms. The molecule has 1 heterocycles. The first-order valence-electron chi connectivity index (χ1n) is 6.60. The van der Waals surface area contributed by atoms with Crippen molar-refractivity contribution in [2.24, 2.45) is 0 Å². The summed E-state index contributed by atoms with van der Waals surface area (Å²) in [5.74, 6) is -0.787. The van der Waals surface area contributed by atoms with Gasteiger partial charge in [-0.15, -0.1) is 11.3 Å². The number of rotatable bonds is 7. The van der Waals surface area contributed by atoms with E-state index < -0.39 is 5.97 Å². The van der Waals surface area contributed by atoms with Crippen LogP contribution >= 0.6 is 11.3 Å². The molecule has 0 bridgehead atoms. The number of carbonyl (C=O) groups is 1. The fourth-order valence-electron chi connectivity index (χ4n) is 1.95. The predicted molar refractivity (Wildman–Crippen MR) is 81.3 cm³/mol. The van der Waals surface area contributed by atoms with Crippen molar-refractivity contribution in [3.8, 4) is 0 Å². The number of nitrogens with one attached hydrogen (secondary N) is 1. The summed E-state index contributed by atoms with van der Waals surface area (Å²) < 4.78 is 0. The van der Waals surface area contributed by atoms with Crippen LogP contribution in [0.2, 0.25) is 0 Å². The van der Waals surface area contributed by atoms with Crippen LogP contribution in [0.15, 0.2) is 35.7 Å². The molecule has 0 aliphatic rings. The topological polar surface area (TPSA) is 62.2 Å². The van der Waals surface area contributed by atoms with E-state index in [9.17, 15) is 4.79 Å². The standard InChI is InChI=1S/C15H18N2O2S/c1-11(9-12-5-3-2-4-6-12)16-15-17-13(10-20-15)7-8-14(18)19/h2-6,10-11H,7-9H2,1H3,(H,16,17)(H,18,19). The lowest BCUT2D eigenvalue weighted by molar-refractivity contribution is -0.136. The molecular formula is C15H18N2O2S. The molecule has 0 radical (unpaired) electrons. The highest BCUT2D eigenvalue weighted by Crippen LogP contribution is 2.18. The van der Waals surface area contributed by atoms with Crippen LogP contribution in [0.25, 0.3) is 0 Å². The maximum absolute atomic E-state index is 10.5. The van der Waals surface area contributed by atoms with Crippen LogP contribution in [0.5, 0.6) is 0 Å². The maximum atomic E-state index is 10.5. The lowest BCUT2D eigenvalue weighted by Crippen LogP contribution is -2.17. The molecule has 0 amide bonds. The molecule has 1 aromatic heterocycles. The van der Waals surface area contributed by atoms with Gasteiger partial charge in [0.1, 0.15) is 0 Å². The number of nitrogens with zero attached hydrogens (tertiary/aromatic N) is 1. The van der Waals surface area contributed by atoms with E-state index in [0.29, 0.717) is 6.42 Å². The molecule has 0 aliphatic carbocycles. The highest BCUT2D eigenvalue weighted by atomic mass is 32.1. The van der Waals surface area contributed by atoms with Crippen molar-refractivity contribution in [1.82, 2.24) is 4.98 Å². The lowest BCUT2D eigenvalue weighted by atomic mass is 10.1. The van der Waals surface area contributed by atoms with E-state index in [0.717, 1.165) is 17.2 Å². The second-order valence-electron chi connectivity index (χ2n) is 4.77. The van der Waals surface area contributed by atoms with Crippen molar-refractivity contribution in [1.29, 1.82) is 0 Å². The average Bonchev–Trinajstić information content (AvgIpc) is 2.85. The zero-order chi connectivity index (χ0) is 14.4. The van der Waals surface area contributed by atoms with E-state index in [1.165, 1.54) is 16.9 Å². The molecule has 1 aromatic carbocycles. The van der Waals surface area contributed by atoms with E-state index >= 15 is 0 Å². The Hall–Kier alpha value is -1.88. The van der Waals surface area contributed by atoms with Crippen LogP contribution in [-0.4, -0.2) is 22.1 Å². The predicted octanol–water partition coefficient (Wildman–Crippen LogP) is 3.20. The minimum absolute atomic E-state index is 0.128. The summed E-state index contributed by atoms with van der Waals surface area (Å²) >= 11 is 1.52. The summed E-state index contributed by atoms with van der Waals surface area (Å²) in [5, 5.41) is 14.8. The first kappa shape index (κ1) is 14.5. The second kappa shape index (κ2) is 7.05. The van der Waals surface area contributed by atoms with Crippen LogP contribution in [0.3, 0.4) is 0 Å². The first-order chi connectivity index (χ1) is 9.63. The number of aromatic nitrogens is 1. The van der Waals surface area contributed by atoms with Crippen molar-refractivity contribution in [2.75, 3.05) is 5.32 Å². The fourth-order valence-corrected chi connectivity index (χ4v) is 2.81. The summed E-state index contributed by atoms with van der Waals surface area (Å²) in [6.07, 6.45) is 1.55. The Kier molecular flexibility index (Phi) is 5.12. The molecule has 2 rings (SSSR count). The lowest BCUT2D eigenvalue weighted by Gasteiger charge is -2.12. The Labute approximate surface area is 122 Å². The molecule has 0 saturated carbocycles. The Balaban J connectivity index is 1.85. The summed E-state index contributed by atoms with van der Waals surface area (Å²) in [7, 11) is 0. The van der Waals surface area contributed by atoms with Gasteiger partial charge in [-0.2, -0.15) is 0 Å². The molecule has 1 atom stereocenters. The van der Waals surface area contributed by atoms with Crippen molar-refractivity contribution in [2.45, 2.75) is 32.2 Å². The first-order valence-corrected chi connectivity index (χ1v) is 7.48. The number of anilines is 1. The van der Waals surface area contributed by atoms with Gasteiger partial charge in [-0.05, 0) is 18.9 Å². The molecule has 2 N–H and O–H groups in total. The SMILES string of the molecule is CC(Cc1ccccc1)Nc1nc(CCC(=O)O)cs1. The molecule has 0 spiro atoms. The van der Waals surface area contributed by atoms with E-state index in [4.69, 9.17) is 5.11 Å². The van der Waals surface area contributed by atoms with Gasteiger partial charge in [-0.3, -0.25) is 4.79 Å². The van der Waals surface area contributed by atoms with Crippen molar-refractivity contribution < 1.29 is 9.90 Å². The third-order valence-corrected chi connectivity index (χ3v) is 3.72. The molecule has 106 valence electrons. The van der Waals surface area contributed by atoms with Gasteiger partial charge < -0.3 is 10.4 Å². The molecule has 1 unspecified atom stereocenters. The third kappa shape index (κ3) is 4.66. The number of aliphatic carboxylic acids is 1. The van der Waals surface area contributed by atoms with Crippen molar-refractivity contribution >= 4 is 22.4 Å². The molecule has 0 fully saturated rings. The van der Waals surface area contributed by atoms with Gasteiger partial charge in [0.15, 0.2) is 5.13 Å². The smallest absolute Gasteiger partial charge is 0.303 e. The van der Waals surface area contributed by atoms with Gasteiger partial charge in [0.25, 0.3) is 0 Å². The Morgan fingerprint density at radius 1 is 1.40 bits per heavy atom. The molecular weight excluding hydrogens is 272 g/mol. The number of hydrogen-bond donors (Lipinski definition) is 2. The van der Waals surface area contributed by atoms with E-state index in [1.54, 1.807) is 0 Å². The number of aryl methyl sites for hydroxylation is 1. The van der Waals surface area contributed by atoms with E-state index in [1.807, 2.05) is 23.6 Å². The normalized spacial score (nSPS) is 12.1. The number of carboxylic acid groups (broad SMARTS) is 1. The van der Waals surface area contributed by atoms with Gasteiger partial charge in [-0.25, -0.2) is 4.98 Å². The Bertz CT molecular complexity index is 554. The largest absolute Gasteiger partial charge is 0.481 e. The highest BCUT2D eigenvalue weighted by Gasteiger charge is 2.08. The summed E-state index contributed by atoms with van der Waals surface area (Å²) in [5.41, 5.74) is 2.13. The number of thiazole rings is 1. The van der Waals surface area contributed by atoms with Crippen LogP contribution < -0.4 is 5.32 Å². The number of carboxylic acids is 1. The summed E-state index contributed by atoms with van der Waals surface area (Å²) in [6.45, 7) is 2.12. The molecule has 4 nitrogen and oxygen atoms in total. The van der Waals surface area contributed by atoms with Crippen molar-refractivity contribution in [3.05, 3.63) is 47.0 Å². The molecule has 0 aliphatic heterocycles. The minimum atomic E-state index is -0.787. The third-order valence-electron chi connectivity index (χ3n) is 2.90. The molecule has 20 heavy (non-hydrogen) atoms. The van der Waals surface area contributed by atoms with E-state index in [2.05, 4.69) is 29.4 Å². The van der Waals surface area contributed by atoms with Gasteiger partial charge in [0.05, 0.1) is 12.1 Å². The highest BCUT2D eigenvalue weighted by molar-refractivity contribution is 7.13. The zero-order valence-corrected chi connectivity index (χ0v) is 12.2. The zero-order valence-electron chi connectivity index (χ0n) is 11.4. The van der Waals surface area contributed by atoms with Gasteiger partial charge in [0, 0.05) is 17.8 Å². The van der Waals surface area contributed by atoms with Crippen LogP contribution in [0.1, 0.15) is 24.6 Å². The van der Waals surface area contributed by atoms with Crippen LogP contribution in [0.4, 0.5) is 5.13 Å². The average molecular weight is 290 g/mol. The molecule has 2 aromatic rings. The monoisotopic (exact) mass is 290 g/mol. The van der Waals surface area contributed by atoms with Gasteiger partial charge >= 0.3 is 5.97 Å². The summed E-state index contributed by atoms with van der Waals surface area (Å²) in [6, 6.07) is 10.6. The number of benzene rings is 1. The summed E-state index contributed by atoms with van der Waals surface area (Å²) in [4.78, 5) is 14.9. The quantitative estimate of drug-likeness (QED) is 0.822. The Morgan fingerprint density at radius 2 is 2.15 bits per heavy atom. The number of hydrogen-bond acceptors (Lipinski definition) is 4. The molecule has 0 saturated heterocycles. The Morgan fingerprint density at radius 3 is 2.85 bits per heavy atom. The van der Waals surface area contributed by atoms with Crippen LogP contribution in [0, 0.1) is 0 Å².